The lowest BCUT2D eigenvalue weighted by Gasteiger charge is -2.27. The predicted octanol–water partition coefficient (Wildman–Crippen LogP) is 1.74. The summed E-state index contributed by atoms with van der Waals surface area (Å²) in [6.45, 7) is 0.0983. The number of amides is 3. The largest absolute Gasteiger partial charge is 0.335 e. The van der Waals surface area contributed by atoms with Crippen molar-refractivity contribution in [2.75, 3.05) is 25.5 Å². The smallest absolute Gasteiger partial charge is 0.243 e. The molecule has 0 aromatic heterocycles. The van der Waals surface area contributed by atoms with Gasteiger partial charge < -0.3 is 20.4 Å². The van der Waals surface area contributed by atoms with Crippen molar-refractivity contribution in [3.8, 4) is 6.07 Å². The lowest BCUT2D eigenvalue weighted by molar-refractivity contribution is -0.140. The minimum Gasteiger partial charge on any atom is -0.335 e. The summed E-state index contributed by atoms with van der Waals surface area (Å²) >= 11 is 0. The number of nitriles is 1. The highest BCUT2D eigenvalue weighted by Crippen LogP contribution is 2.34. The standard InChI is InChI=1S/C24H31N5O3/c1-28(24(32)21(11-16-7-8-16)26-19-9-10-19)15-22(30)29-14-17(12-20(29)13-25)23(31)27-18-5-3-2-4-6-18/h2-6,16-17,19-21,26H,7-12,14-15H2,1H3,(H,27,31). The van der Waals surface area contributed by atoms with Crippen molar-refractivity contribution in [2.45, 2.75) is 56.7 Å². The van der Waals surface area contributed by atoms with Crippen LogP contribution in [0.3, 0.4) is 0 Å². The van der Waals surface area contributed by atoms with E-state index in [0.717, 1.165) is 19.3 Å². The van der Waals surface area contributed by atoms with Gasteiger partial charge in [-0.25, -0.2) is 0 Å². The first-order valence-electron chi connectivity index (χ1n) is 11.5. The summed E-state index contributed by atoms with van der Waals surface area (Å²) in [6.07, 6.45) is 5.65. The maximum atomic E-state index is 13.0. The third-order valence-electron chi connectivity index (χ3n) is 6.51. The summed E-state index contributed by atoms with van der Waals surface area (Å²) in [5.41, 5.74) is 0.686. The van der Waals surface area contributed by atoms with Crippen molar-refractivity contribution in [1.29, 1.82) is 5.26 Å². The molecule has 0 bridgehead atoms. The highest BCUT2D eigenvalue weighted by molar-refractivity contribution is 5.94. The maximum absolute atomic E-state index is 13.0. The summed E-state index contributed by atoms with van der Waals surface area (Å²) in [7, 11) is 1.64. The summed E-state index contributed by atoms with van der Waals surface area (Å²) in [4.78, 5) is 41.6. The first-order chi connectivity index (χ1) is 15.4. The van der Waals surface area contributed by atoms with E-state index in [1.807, 2.05) is 18.2 Å². The van der Waals surface area contributed by atoms with Crippen molar-refractivity contribution in [1.82, 2.24) is 15.1 Å². The molecule has 2 saturated carbocycles. The molecular weight excluding hydrogens is 406 g/mol. The number of nitrogens with one attached hydrogen (secondary N) is 2. The number of para-hydroxylation sites is 1. The Morgan fingerprint density at radius 3 is 2.53 bits per heavy atom. The van der Waals surface area contributed by atoms with Gasteiger partial charge >= 0.3 is 0 Å². The molecule has 3 aliphatic rings. The van der Waals surface area contributed by atoms with E-state index in [4.69, 9.17) is 0 Å². The van der Waals surface area contributed by atoms with E-state index in [1.54, 1.807) is 19.2 Å². The molecule has 1 aromatic rings. The van der Waals surface area contributed by atoms with Gasteiger partial charge in [0.25, 0.3) is 0 Å². The Bertz CT molecular complexity index is 877. The Kier molecular flexibility index (Phi) is 6.75. The summed E-state index contributed by atoms with van der Waals surface area (Å²) in [5.74, 6) is -0.412. The Labute approximate surface area is 188 Å². The van der Waals surface area contributed by atoms with E-state index in [2.05, 4.69) is 16.7 Å². The Morgan fingerprint density at radius 2 is 1.91 bits per heavy atom. The van der Waals surface area contributed by atoms with Gasteiger partial charge in [-0.3, -0.25) is 14.4 Å². The minimum absolute atomic E-state index is 0.0665. The van der Waals surface area contributed by atoms with Crippen molar-refractivity contribution < 1.29 is 14.4 Å². The number of rotatable bonds is 9. The molecule has 1 heterocycles. The van der Waals surface area contributed by atoms with Gasteiger partial charge in [-0.05, 0) is 43.7 Å². The second kappa shape index (κ2) is 9.70. The monoisotopic (exact) mass is 437 g/mol. The number of nitrogens with zero attached hydrogens (tertiary/aromatic N) is 3. The Hall–Kier alpha value is -2.92. The number of likely N-dealkylation sites (tertiary alicyclic amines) is 1. The van der Waals surface area contributed by atoms with Gasteiger partial charge in [0, 0.05) is 25.3 Å². The van der Waals surface area contributed by atoms with Gasteiger partial charge in [-0.15, -0.1) is 0 Å². The molecule has 4 rings (SSSR count). The third kappa shape index (κ3) is 5.65. The van der Waals surface area contributed by atoms with Gasteiger partial charge in [0.15, 0.2) is 0 Å². The average molecular weight is 438 g/mol. The van der Waals surface area contributed by atoms with Gasteiger partial charge in [-0.1, -0.05) is 31.0 Å². The number of hydrogen-bond donors (Lipinski definition) is 2. The molecule has 3 atom stereocenters. The summed E-state index contributed by atoms with van der Waals surface area (Å²) in [5, 5.41) is 15.8. The molecule has 3 fully saturated rings. The fourth-order valence-electron chi connectivity index (χ4n) is 4.29. The first-order valence-corrected chi connectivity index (χ1v) is 11.5. The van der Waals surface area contributed by atoms with E-state index < -0.39 is 12.0 Å². The number of hydrogen-bond acceptors (Lipinski definition) is 5. The molecule has 0 radical (unpaired) electrons. The minimum atomic E-state index is -0.663. The second-order valence-electron chi connectivity index (χ2n) is 9.35. The van der Waals surface area contributed by atoms with Crippen LogP contribution in [-0.4, -0.2) is 65.8 Å². The third-order valence-corrected chi connectivity index (χ3v) is 6.51. The molecule has 3 amide bonds. The molecule has 3 unspecified atom stereocenters. The molecule has 8 heteroatoms. The fourth-order valence-corrected chi connectivity index (χ4v) is 4.29. The number of carbonyl (C=O) groups is 3. The molecule has 0 spiro atoms. The van der Waals surface area contributed by atoms with Crippen LogP contribution in [-0.2, 0) is 14.4 Å². The van der Waals surface area contributed by atoms with Crippen LogP contribution < -0.4 is 10.6 Å². The van der Waals surface area contributed by atoms with Crippen LogP contribution in [0.4, 0.5) is 5.69 Å². The van der Waals surface area contributed by atoms with Crippen LogP contribution in [0, 0.1) is 23.2 Å². The maximum Gasteiger partial charge on any atom is 0.243 e. The lowest BCUT2D eigenvalue weighted by Crippen LogP contribution is -2.50. The number of likely N-dealkylation sites (N-methyl/N-ethyl adjacent to an activating group) is 1. The van der Waals surface area contributed by atoms with Gasteiger partial charge in [-0.2, -0.15) is 5.26 Å². The second-order valence-corrected chi connectivity index (χ2v) is 9.35. The van der Waals surface area contributed by atoms with Gasteiger partial charge in [0.1, 0.15) is 6.04 Å². The average Bonchev–Trinajstić information content (AvgIpc) is 3.72. The van der Waals surface area contributed by atoms with Crippen LogP contribution in [0.15, 0.2) is 30.3 Å². The molecular formula is C24H31N5O3. The van der Waals surface area contributed by atoms with Crippen molar-refractivity contribution in [2.24, 2.45) is 11.8 Å². The number of carbonyl (C=O) groups excluding carboxylic acids is 3. The zero-order valence-electron chi connectivity index (χ0n) is 18.5. The van der Waals surface area contributed by atoms with E-state index in [9.17, 15) is 19.6 Å². The van der Waals surface area contributed by atoms with Crippen LogP contribution in [0.1, 0.15) is 38.5 Å². The highest BCUT2D eigenvalue weighted by atomic mass is 16.2. The van der Waals surface area contributed by atoms with Crippen LogP contribution in [0.5, 0.6) is 0 Å². The Morgan fingerprint density at radius 1 is 1.19 bits per heavy atom. The molecule has 170 valence electrons. The van der Waals surface area contributed by atoms with Crippen LogP contribution >= 0.6 is 0 Å². The molecule has 2 N–H and O–H groups in total. The zero-order valence-corrected chi connectivity index (χ0v) is 18.5. The van der Waals surface area contributed by atoms with Crippen LogP contribution in [0.2, 0.25) is 0 Å². The van der Waals surface area contributed by atoms with Crippen molar-refractivity contribution in [3.05, 3.63) is 30.3 Å². The van der Waals surface area contributed by atoms with E-state index in [1.165, 1.54) is 22.6 Å². The lowest BCUT2D eigenvalue weighted by atomic mass is 10.1. The number of benzene rings is 1. The fraction of sp³-hybridized carbons (Fsp3) is 0.583. The van der Waals surface area contributed by atoms with Crippen molar-refractivity contribution >= 4 is 23.4 Å². The quantitative estimate of drug-likeness (QED) is 0.612. The molecule has 1 aliphatic heterocycles. The topological polar surface area (TPSA) is 106 Å². The van der Waals surface area contributed by atoms with Crippen LogP contribution in [0.25, 0.3) is 0 Å². The molecule has 32 heavy (non-hydrogen) atoms. The highest BCUT2D eigenvalue weighted by Gasteiger charge is 2.40. The molecule has 2 aliphatic carbocycles. The van der Waals surface area contributed by atoms with E-state index >= 15 is 0 Å². The summed E-state index contributed by atoms with van der Waals surface area (Å²) < 4.78 is 0. The summed E-state index contributed by atoms with van der Waals surface area (Å²) in [6, 6.07) is 10.8. The van der Waals surface area contributed by atoms with E-state index in [0.29, 0.717) is 24.1 Å². The SMILES string of the molecule is CN(CC(=O)N1CC(C(=O)Nc2ccccc2)CC1C#N)C(=O)C(CC1CC1)NC1CC1. The van der Waals surface area contributed by atoms with Crippen molar-refractivity contribution in [3.63, 3.8) is 0 Å². The first kappa shape index (κ1) is 22.3. The normalized spacial score (nSPS) is 23.3. The van der Waals surface area contributed by atoms with Gasteiger partial charge in [0.05, 0.1) is 24.6 Å². The van der Waals surface area contributed by atoms with E-state index in [-0.39, 0.29) is 36.9 Å². The van der Waals surface area contributed by atoms with Gasteiger partial charge in [0.2, 0.25) is 17.7 Å². The Balaban J connectivity index is 1.33. The molecule has 1 saturated heterocycles. The predicted molar refractivity (Wildman–Crippen MR) is 119 cm³/mol. The number of anilines is 1. The molecule has 1 aromatic carbocycles. The zero-order chi connectivity index (χ0) is 22.7. The molecule has 8 nitrogen and oxygen atoms in total.